The van der Waals surface area contributed by atoms with Crippen LogP contribution in [0, 0.1) is 13.8 Å². The van der Waals surface area contributed by atoms with Crippen LogP contribution in [0.4, 0.5) is 0 Å². The van der Waals surface area contributed by atoms with Crippen LogP contribution in [-0.2, 0) is 12.8 Å². The molecular formula is C14H21NO. The minimum atomic E-state index is 0.579. The second-order valence-electron chi connectivity index (χ2n) is 4.62. The van der Waals surface area contributed by atoms with Gasteiger partial charge in [-0.2, -0.15) is 0 Å². The van der Waals surface area contributed by atoms with Crippen molar-refractivity contribution < 1.29 is 4.74 Å². The minimum Gasteiger partial charge on any atom is -0.492 e. The molecule has 0 bridgehead atoms. The molecule has 1 aromatic rings. The molecule has 2 rings (SSSR count). The summed E-state index contributed by atoms with van der Waals surface area (Å²) in [6, 6.07) is 2.18. The lowest BCUT2D eigenvalue weighted by atomic mass is 9.85. The van der Waals surface area contributed by atoms with E-state index in [1.165, 1.54) is 42.4 Å². The van der Waals surface area contributed by atoms with Crippen molar-refractivity contribution in [3.63, 3.8) is 0 Å². The summed E-state index contributed by atoms with van der Waals surface area (Å²) in [5.41, 5.74) is 11.3. The van der Waals surface area contributed by atoms with Crippen molar-refractivity contribution >= 4 is 0 Å². The predicted molar refractivity (Wildman–Crippen MR) is 67.1 cm³/mol. The van der Waals surface area contributed by atoms with Crippen LogP contribution < -0.4 is 10.5 Å². The number of hydrogen-bond donors (Lipinski definition) is 1. The average molecular weight is 219 g/mol. The summed E-state index contributed by atoms with van der Waals surface area (Å²) in [7, 11) is 0. The molecule has 0 heterocycles. The highest BCUT2D eigenvalue weighted by molar-refractivity contribution is 5.49. The van der Waals surface area contributed by atoms with E-state index in [9.17, 15) is 0 Å². The number of nitrogens with two attached hydrogens (primary N) is 1. The molecule has 0 radical (unpaired) electrons. The van der Waals surface area contributed by atoms with Crippen LogP contribution in [0.15, 0.2) is 6.07 Å². The first-order valence-corrected chi connectivity index (χ1v) is 6.19. The van der Waals surface area contributed by atoms with Gasteiger partial charge < -0.3 is 10.5 Å². The van der Waals surface area contributed by atoms with Gasteiger partial charge in [0.15, 0.2) is 0 Å². The summed E-state index contributed by atoms with van der Waals surface area (Å²) in [6.07, 6.45) is 5.09. The van der Waals surface area contributed by atoms with Crippen LogP contribution in [0.5, 0.6) is 5.75 Å². The highest BCUT2D eigenvalue weighted by Gasteiger charge is 2.16. The largest absolute Gasteiger partial charge is 0.492 e. The first-order valence-electron chi connectivity index (χ1n) is 6.19. The topological polar surface area (TPSA) is 35.2 Å². The molecule has 2 N–H and O–H groups in total. The monoisotopic (exact) mass is 219 g/mol. The van der Waals surface area contributed by atoms with Crippen LogP contribution in [-0.4, -0.2) is 13.2 Å². The Labute approximate surface area is 97.8 Å². The van der Waals surface area contributed by atoms with Crippen molar-refractivity contribution in [1.29, 1.82) is 0 Å². The highest BCUT2D eigenvalue weighted by Crippen LogP contribution is 2.33. The van der Waals surface area contributed by atoms with Gasteiger partial charge in [-0.15, -0.1) is 0 Å². The van der Waals surface area contributed by atoms with E-state index in [0.717, 1.165) is 5.75 Å². The zero-order valence-electron chi connectivity index (χ0n) is 10.3. The van der Waals surface area contributed by atoms with Gasteiger partial charge >= 0.3 is 0 Å². The smallest absolute Gasteiger partial charge is 0.122 e. The Hall–Kier alpha value is -1.02. The number of rotatable bonds is 3. The molecule has 0 spiro atoms. The maximum atomic E-state index is 5.71. The molecule has 88 valence electrons. The summed E-state index contributed by atoms with van der Waals surface area (Å²) in [5, 5.41) is 0. The number of aryl methyl sites for hydroxylation is 1. The van der Waals surface area contributed by atoms with Crippen LogP contribution in [0.3, 0.4) is 0 Å². The summed E-state index contributed by atoms with van der Waals surface area (Å²) >= 11 is 0. The van der Waals surface area contributed by atoms with Gasteiger partial charge in [0.2, 0.25) is 0 Å². The van der Waals surface area contributed by atoms with Gasteiger partial charge in [0.25, 0.3) is 0 Å². The Morgan fingerprint density at radius 3 is 2.56 bits per heavy atom. The molecular weight excluding hydrogens is 198 g/mol. The van der Waals surface area contributed by atoms with Gasteiger partial charge in [0.05, 0.1) is 0 Å². The molecule has 0 amide bonds. The van der Waals surface area contributed by atoms with Crippen molar-refractivity contribution in [3.05, 3.63) is 28.3 Å². The van der Waals surface area contributed by atoms with E-state index in [1.54, 1.807) is 5.56 Å². The van der Waals surface area contributed by atoms with Crippen molar-refractivity contribution in [1.82, 2.24) is 0 Å². The summed E-state index contributed by atoms with van der Waals surface area (Å²) in [4.78, 5) is 0. The normalized spacial score (nSPS) is 14.7. The molecule has 1 aliphatic carbocycles. The van der Waals surface area contributed by atoms with Gasteiger partial charge in [-0.25, -0.2) is 0 Å². The van der Waals surface area contributed by atoms with Crippen LogP contribution in [0.1, 0.15) is 35.1 Å². The molecule has 1 aliphatic rings. The Balaban J connectivity index is 2.37. The molecule has 0 aromatic heterocycles. The maximum absolute atomic E-state index is 5.71. The third-order valence-electron chi connectivity index (χ3n) is 3.49. The average Bonchev–Trinajstić information content (AvgIpc) is 2.32. The fourth-order valence-electron chi connectivity index (χ4n) is 2.61. The van der Waals surface area contributed by atoms with Crippen molar-refractivity contribution in [2.75, 3.05) is 13.2 Å². The number of fused-ring (bicyclic) bond motifs is 1. The molecule has 0 aliphatic heterocycles. The molecule has 0 fully saturated rings. The minimum absolute atomic E-state index is 0.579. The number of ether oxygens (including phenoxy) is 1. The molecule has 1 aromatic carbocycles. The van der Waals surface area contributed by atoms with E-state index < -0.39 is 0 Å². The fraction of sp³-hybridized carbons (Fsp3) is 0.571. The zero-order chi connectivity index (χ0) is 11.5. The molecule has 2 heteroatoms. The second-order valence-corrected chi connectivity index (χ2v) is 4.62. The lowest BCUT2D eigenvalue weighted by molar-refractivity contribution is 0.325. The summed E-state index contributed by atoms with van der Waals surface area (Å²) in [6.45, 7) is 5.56. The third-order valence-corrected chi connectivity index (χ3v) is 3.49. The maximum Gasteiger partial charge on any atom is 0.122 e. The summed E-state index contributed by atoms with van der Waals surface area (Å²) < 4.78 is 5.71. The van der Waals surface area contributed by atoms with Crippen LogP contribution in [0.2, 0.25) is 0 Å². The van der Waals surface area contributed by atoms with Gasteiger partial charge in [-0.05, 0) is 67.9 Å². The fourth-order valence-corrected chi connectivity index (χ4v) is 2.61. The Morgan fingerprint density at radius 1 is 1.19 bits per heavy atom. The molecule has 0 saturated heterocycles. The number of benzene rings is 1. The van der Waals surface area contributed by atoms with Crippen molar-refractivity contribution in [2.45, 2.75) is 39.5 Å². The van der Waals surface area contributed by atoms with Gasteiger partial charge in [-0.1, -0.05) is 0 Å². The van der Waals surface area contributed by atoms with Crippen LogP contribution in [0.25, 0.3) is 0 Å². The Morgan fingerprint density at radius 2 is 1.88 bits per heavy atom. The van der Waals surface area contributed by atoms with Gasteiger partial charge in [0.1, 0.15) is 12.4 Å². The lowest BCUT2D eigenvalue weighted by Crippen LogP contribution is -2.13. The van der Waals surface area contributed by atoms with E-state index in [2.05, 4.69) is 19.9 Å². The lowest BCUT2D eigenvalue weighted by Gasteiger charge is -2.22. The second kappa shape index (κ2) is 4.88. The van der Waals surface area contributed by atoms with Gasteiger partial charge in [0, 0.05) is 6.54 Å². The van der Waals surface area contributed by atoms with E-state index in [4.69, 9.17) is 10.5 Å². The quantitative estimate of drug-likeness (QED) is 0.847. The zero-order valence-corrected chi connectivity index (χ0v) is 10.3. The van der Waals surface area contributed by atoms with Crippen molar-refractivity contribution in [2.24, 2.45) is 5.73 Å². The third kappa shape index (κ3) is 2.07. The summed E-state index contributed by atoms with van der Waals surface area (Å²) in [5.74, 6) is 1.03. The first kappa shape index (κ1) is 11.5. The molecule has 16 heavy (non-hydrogen) atoms. The van der Waals surface area contributed by atoms with E-state index in [-0.39, 0.29) is 0 Å². The molecule has 2 nitrogen and oxygen atoms in total. The molecule has 0 saturated carbocycles. The van der Waals surface area contributed by atoms with E-state index >= 15 is 0 Å². The predicted octanol–water partition coefficient (Wildman–Crippen LogP) is 2.52. The SMILES string of the molecule is Cc1cc(OCCN)c(C)c2c1CCCC2. The highest BCUT2D eigenvalue weighted by atomic mass is 16.5. The molecule has 0 unspecified atom stereocenters. The van der Waals surface area contributed by atoms with E-state index in [1.807, 2.05) is 0 Å². The standard InChI is InChI=1S/C14H21NO/c1-10-9-14(16-8-7-15)11(2)13-6-4-3-5-12(10)13/h9H,3-8,15H2,1-2H3. The van der Waals surface area contributed by atoms with Crippen molar-refractivity contribution in [3.8, 4) is 5.75 Å². The van der Waals surface area contributed by atoms with Crippen LogP contribution >= 0.6 is 0 Å². The Kier molecular flexibility index (Phi) is 3.49. The van der Waals surface area contributed by atoms with Gasteiger partial charge in [-0.3, -0.25) is 0 Å². The van der Waals surface area contributed by atoms with E-state index in [0.29, 0.717) is 13.2 Å². The molecule has 0 atom stereocenters. The first-order chi connectivity index (χ1) is 7.74. The number of hydrogen-bond acceptors (Lipinski definition) is 2. The Bertz CT molecular complexity index is 385.